The highest BCUT2D eigenvalue weighted by Gasteiger charge is 2.22. The SMILES string of the molecule is N#Cc1cccc(C(=O)N2CCN(Cc3cccc(-c4noc(-c5ccco5)n4)c3)CC2)c1. The third kappa shape index (κ3) is 4.54. The lowest BCUT2D eigenvalue weighted by Crippen LogP contribution is -2.48. The van der Waals surface area contributed by atoms with E-state index in [1.54, 1.807) is 42.7 Å². The molecule has 1 saturated heterocycles. The number of piperazine rings is 1. The van der Waals surface area contributed by atoms with Crippen LogP contribution >= 0.6 is 0 Å². The average molecular weight is 439 g/mol. The molecule has 1 fully saturated rings. The summed E-state index contributed by atoms with van der Waals surface area (Å²) in [7, 11) is 0. The van der Waals surface area contributed by atoms with Crippen molar-refractivity contribution in [1.82, 2.24) is 19.9 Å². The number of furan rings is 1. The standard InChI is InChI=1S/C25H21N5O3/c26-16-18-4-1-7-21(14-18)25(31)30-11-9-29(10-12-30)17-19-5-2-6-20(15-19)23-27-24(33-28-23)22-8-3-13-32-22/h1-8,13-15H,9-12,17H2. The molecule has 0 aliphatic carbocycles. The van der Waals surface area contributed by atoms with Crippen LogP contribution in [0.2, 0.25) is 0 Å². The molecule has 33 heavy (non-hydrogen) atoms. The number of rotatable bonds is 5. The van der Waals surface area contributed by atoms with Gasteiger partial charge in [-0.2, -0.15) is 10.2 Å². The molecule has 2 aromatic heterocycles. The molecular formula is C25H21N5O3. The van der Waals surface area contributed by atoms with Gasteiger partial charge in [-0.3, -0.25) is 9.69 Å². The molecule has 0 N–H and O–H groups in total. The van der Waals surface area contributed by atoms with Gasteiger partial charge in [0.25, 0.3) is 11.8 Å². The molecule has 3 heterocycles. The molecule has 0 unspecified atom stereocenters. The Morgan fingerprint density at radius 1 is 1.03 bits per heavy atom. The van der Waals surface area contributed by atoms with E-state index in [0.717, 1.165) is 30.8 Å². The Balaban J connectivity index is 1.21. The van der Waals surface area contributed by atoms with Crippen LogP contribution in [0.15, 0.2) is 75.9 Å². The fraction of sp³-hybridized carbons (Fsp3) is 0.200. The maximum Gasteiger partial charge on any atom is 0.293 e. The van der Waals surface area contributed by atoms with Crippen LogP contribution < -0.4 is 0 Å². The highest BCUT2D eigenvalue weighted by atomic mass is 16.5. The number of hydrogen-bond donors (Lipinski definition) is 0. The molecule has 4 aromatic rings. The fourth-order valence-electron chi connectivity index (χ4n) is 3.92. The highest BCUT2D eigenvalue weighted by molar-refractivity contribution is 5.94. The molecule has 0 bridgehead atoms. The third-order valence-corrected chi connectivity index (χ3v) is 5.65. The van der Waals surface area contributed by atoms with Gasteiger partial charge in [-0.15, -0.1) is 0 Å². The van der Waals surface area contributed by atoms with Crippen LogP contribution in [-0.4, -0.2) is 52.0 Å². The zero-order valence-corrected chi connectivity index (χ0v) is 17.8. The van der Waals surface area contributed by atoms with Crippen molar-refractivity contribution in [2.24, 2.45) is 0 Å². The van der Waals surface area contributed by atoms with Crippen LogP contribution in [0.25, 0.3) is 23.0 Å². The summed E-state index contributed by atoms with van der Waals surface area (Å²) < 4.78 is 10.6. The summed E-state index contributed by atoms with van der Waals surface area (Å²) in [6, 6.07) is 20.6. The van der Waals surface area contributed by atoms with Crippen molar-refractivity contribution in [3.05, 3.63) is 83.6 Å². The number of nitriles is 1. The lowest BCUT2D eigenvalue weighted by molar-refractivity contribution is 0.0628. The number of carbonyl (C=O) groups excluding carboxylic acids is 1. The third-order valence-electron chi connectivity index (χ3n) is 5.65. The van der Waals surface area contributed by atoms with Crippen molar-refractivity contribution >= 4 is 5.91 Å². The second-order valence-corrected chi connectivity index (χ2v) is 7.86. The molecule has 8 heteroatoms. The number of amides is 1. The molecule has 164 valence electrons. The predicted molar refractivity (Wildman–Crippen MR) is 120 cm³/mol. The van der Waals surface area contributed by atoms with Crippen molar-refractivity contribution in [1.29, 1.82) is 5.26 Å². The Labute approximate surface area is 190 Å². The van der Waals surface area contributed by atoms with Gasteiger partial charge in [0.15, 0.2) is 5.76 Å². The minimum atomic E-state index is -0.0294. The first-order valence-corrected chi connectivity index (χ1v) is 10.7. The lowest BCUT2D eigenvalue weighted by atomic mass is 10.1. The van der Waals surface area contributed by atoms with Crippen molar-refractivity contribution in [3.63, 3.8) is 0 Å². The average Bonchev–Trinajstić information content (AvgIpc) is 3.57. The summed E-state index contributed by atoms with van der Waals surface area (Å²) in [6.07, 6.45) is 1.57. The smallest absolute Gasteiger partial charge is 0.293 e. The van der Waals surface area contributed by atoms with E-state index in [1.807, 2.05) is 17.0 Å². The van der Waals surface area contributed by atoms with Crippen LogP contribution in [0, 0.1) is 11.3 Å². The summed E-state index contributed by atoms with van der Waals surface area (Å²) in [6.45, 7) is 3.61. The number of carbonyl (C=O) groups is 1. The van der Waals surface area contributed by atoms with Gasteiger partial charge in [0.2, 0.25) is 5.82 Å². The van der Waals surface area contributed by atoms with Gasteiger partial charge in [-0.1, -0.05) is 29.4 Å². The lowest BCUT2D eigenvalue weighted by Gasteiger charge is -2.34. The quantitative estimate of drug-likeness (QED) is 0.466. The predicted octanol–water partition coefficient (Wildman–Crippen LogP) is 3.83. The minimum Gasteiger partial charge on any atom is -0.459 e. The molecule has 2 aromatic carbocycles. The van der Waals surface area contributed by atoms with Crippen LogP contribution in [-0.2, 0) is 6.54 Å². The van der Waals surface area contributed by atoms with E-state index in [1.165, 1.54) is 0 Å². The monoisotopic (exact) mass is 439 g/mol. The van der Waals surface area contributed by atoms with E-state index in [2.05, 4.69) is 33.2 Å². The molecule has 0 radical (unpaired) electrons. The largest absolute Gasteiger partial charge is 0.459 e. The summed E-state index contributed by atoms with van der Waals surface area (Å²) in [5.41, 5.74) is 3.07. The van der Waals surface area contributed by atoms with Crippen LogP contribution in [0.1, 0.15) is 21.5 Å². The molecule has 0 atom stereocenters. The second-order valence-electron chi connectivity index (χ2n) is 7.86. The zero-order chi connectivity index (χ0) is 22.6. The fourth-order valence-corrected chi connectivity index (χ4v) is 3.92. The normalized spacial score (nSPS) is 14.2. The van der Waals surface area contributed by atoms with Gasteiger partial charge in [-0.25, -0.2) is 0 Å². The van der Waals surface area contributed by atoms with E-state index >= 15 is 0 Å². The maximum atomic E-state index is 12.8. The molecule has 5 rings (SSSR count). The first kappa shape index (κ1) is 20.7. The van der Waals surface area contributed by atoms with Crippen molar-refractivity contribution in [3.8, 4) is 29.1 Å². The number of nitrogens with zero attached hydrogens (tertiary/aromatic N) is 5. The summed E-state index contributed by atoms with van der Waals surface area (Å²) in [4.78, 5) is 21.4. The Morgan fingerprint density at radius 2 is 1.88 bits per heavy atom. The molecule has 8 nitrogen and oxygen atoms in total. The molecule has 0 saturated carbocycles. The van der Waals surface area contributed by atoms with Crippen LogP contribution in [0.4, 0.5) is 0 Å². The topological polar surface area (TPSA) is 99.4 Å². The summed E-state index contributed by atoms with van der Waals surface area (Å²) >= 11 is 0. The van der Waals surface area contributed by atoms with Gasteiger partial charge in [0.05, 0.1) is 17.9 Å². The van der Waals surface area contributed by atoms with Crippen molar-refractivity contribution in [2.75, 3.05) is 26.2 Å². The van der Waals surface area contributed by atoms with Gasteiger partial charge in [-0.05, 0) is 42.0 Å². The van der Waals surface area contributed by atoms with E-state index in [0.29, 0.717) is 41.7 Å². The maximum absolute atomic E-state index is 12.8. The van der Waals surface area contributed by atoms with Crippen molar-refractivity contribution in [2.45, 2.75) is 6.54 Å². The first-order valence-electron chi connectivity index (χ1n) is 10.7. The van der Waals surface area contributed by atoms with E-state index in [-0.39, 0.29) is 5.91 Å². The zero-order valence-electron chi connectivity index (χ0n) is 17.8. The van der Waals surface area contributed by atoms with E-state index in [4.69, 9.17) is 14.2 Å². The molecular weight excluding hydrogens is 418 g/mol. The molecule has 1 amide bonds. The van der Waals surface area contributed by atoms with Crippen molar-refractivity contribution < 1.29 is 13.7 Å². The Morgan fingerprint density at radius 3 is 2.67 bits per heavy atom. The summed E-state index contributed by atoms with van der Waals surface area (Å²) in [5, 5.41) is 13.1. The number of benzene rings is 2. The van der Waals surface area contributed by atoms with Gasteiger partial charge in [0, 0.05) is 43.9 Å². The van der Waals surface area contributed by atoms with Gasteiger partial charge < -0.3 is 13.8 Å². The second kappa shape index (κ2) is 9.10. The number of hydrogen-bond acceptors (Lipinski definition) is 7. The minimum absolute atomic E-state index is 0.0294. The Bertz CT molecular complexity index is 1300. The molecule has 0 spiro atoms. The first-order chi connectivity index (χ1) is 16.2. The Hall–Kier alpha value is -4.22. The van der Waals surface area contributed by atoms with Crippen LogP contribution in [0.5, 0.6) is 0 Å². The summed E-state index contributed by atoms with van der Waals surface area (Å²) in [5.74, 6) is 1.37. The molecule has 1 aliphatic rings. The van der Waals surface area contributed by atoms with E-state index < -0.39 is 0 Å². The molecule has 1 aliphatic heterocycles. The van der Waals surface area contributed by atoms with Gasteiger partial charge in [0.1, 0.15) is 0 Å². The highest BCUT2D eigenvalue weighted by Crippen LogP contribution is 2.23. The van der Waals surface area contributed by atoms with Crippen LogP contribution in [0.3, 0.4) is 0 Å². The van der Waals surface area contributed by atoms with Gasteiger partial charge >= 0.3 is 0 Å². The van der Waals surface area contributed by atoms with E-state index in [9.17, 15) is 4.79 Å². The number of aromatic nitrogens is 2. The Kier molecular flexibility index (Phi) is 5.70.